The highest BCUT2D eigenvalue weighted by Crippen LogP contribution is 2.31. The molecule has 0 atom stereocenters. The number of carbonyl (C=O) groups excluding carboxylic acids is 1. The number of halogens is 2. The molecular weight excluding hydrogens is 487 g/mol. The lowest BCUT2D eigenvalue weighted by Gasteiger charge is -2.26. The van der Waals surface area contributed by atoms with E-state index in [1.807, 2.05) is 11.5 Å². The van der Waals surface area contributed by atoms with Gasteiger partial charge in [-0.15, -0.1) is 12.4 Å². The zero-order valence-corrected chi connectivity index (χ0v) is 20.9. The van der Waals surface area contributed by atoms with E-state index in [0.29, 0.717) is 43.4 Å². The van der Waals surface area contributed by atoms with E-state index in [9.17, 15) is 9.18 Å². The Morgan fingerprint density at radius 1 is 1.00 bits per heavy atom. The maximum atomic E-state index is 14.8. The van der Waals surface area contributed by atoms with Gasteiger partial charge in [0, 0.05) is 49.8 Å². The van der Waals surface area contributed by atoms with Crippen LogP contribution < -0.4 is 10.6 Å². The highest BCUT2D eigenvalue weighted by atomic mass is 35.5. The number of benzene rings is 1. The lowest BCUT2D eigenvalue weighted by Crippen LogP contribution is -2.38. The van der Waals surface area contributed by atoms with Crippen LogP contribution in [0.1, 0.15) is 47.9 Å². The second-order valence-electron chi connectivity index (χ2n) is 8.86. The molecule has 0 unspecified atom stereocenters. The summed E-state index contributed by atoms with van der Waals surface area (Å²) in [5, 5.41) is 6.16. The summed E-state index contributed by atoms with van der Waals surface area (Å²) in [6, 6.07) is 7.37. The van der Waals surface area contributed by atoms with Crippen LogP contribution in [0.25, 0.3) is 11.4 Å². The van der Waals surface area contributed by atoms with Gasteiger partial charge in [0.15, 0.2) is 5.82 Å². The number of nitrogens with zero attached hydrogens (tertiary/aromatic N) is 4. The van der Waals surface area contributed by atoms with Crippen LogP contribution in [0.4, 0.5) is 16.0 Å². The second kappa shape index (κ2) is 11.8. The topological polar surface area (TPSA) is 103 Å². The third-order valence-corrected chi connectivity index (χ3v) is 6.48. The lowest BCUT2D eigenvalue weighted by molar-refractivity contribution is 0.0692. The fourth-order valence-corrected chi connectivity index (χ4v) is 4.58. The summed E-state index contributed by atoms with van der Waals surface area (Å²) in [5.41, 5.74) is 2.08. The van der Waals surface area contributed by atoms with Crippen molar-refractivity contribution in [2.45, 2.75) is 44.7 Å². The Hall–Kier alpha value is -3.08. The summed E-state index contributed by atoms with van der Waals surface area (Å²) < 4.78 is 27.7. The molecule has 5 rings (SSSR count). The molecule has 1 aromatic carbocycles. The molecule has 2 saturated heterocycles. The van der Waals surface area contributed by atoms with E-state index in [4.69, 9.17) is 9.47 Å². The van der Waals surface area contributed by atoms with Crippen molar-refractivity contribution in [3.8, 4) is 11.4 Å². The molecular formula is C25H30ClFN6O3. The molecule has 2 aliphatic heterocycles. The number of aromatic nitrogens is 4. The van der Waals surface area contributed by atoms with Crippen molar-refractivity contribution < 1.29 is 18.7 Å². The first-order valence-corrected chi connectivity index (χ1v) is 12.0. The summed E-state index contributed by atoms with van der Waals surface area (Å²) in [7, 11) is 0. The maximum absolute atomic E-state index is 14.8. The van der Waals surface area contributed by atoms with Crippen molar-refractivity contribution in [3.63, 3.8) is 0 Å². The summed E-state index contributed by atoms with van der Waals surface area (Å²) in [4.78, 5) is 25.5. The van der Waals surface area contributed by atoms with Gasteiger partial charge in [-0.3, -0.25) is 4.79 Å². The largest absolute Gasteiger partial charge is 0.381 e. The predicted octanol–water partition coefficient (Wildman–Crippen LogP) is 4.21. The van der Waals surface area contributed by atoms with Gasteiger partial charge in [0.1, 0.15) is 11.5 Å². The van der Waals surface area contributed by atoms with Gasteiger partial charge in [0.25, 0.3) is 5.91 Å². The number of ether oxygens (including phenoxy) is 2. The van der Waals surface area contributed by atoms with Gasteiger partial charge in [-0.05, 0) is 56.9 Å². The van der Waals surface area contributed by atoms with Gasteiger partial charge < -0.3 is 24.7 Å². The van der Waals surface area contributed by atoms with Gasteiger partial charge in [0.05, 0.1) is 18.1 Å². The number of anilines is 2. The quantitative estimate of drug-likeness (QED) is 0.505. The minimum Gasteiger partial charge on any atom is -0.381 e. The van der Waals surface area contributed by atoms with Crippen LogP contribution in [0, 0.1) is 12.7 Å². The van der Waals surface area contributed by atoms with E-state index in [2.05, 4.69) is 25.6 Å². The number of rotatable bonds is 6. The van der Waals surface area contributed by atoms with Gasteiger partial charge >= 0.3 is 0 Å². The molecule has 4 heterocycles. The van der Waals surface area contributed by atoms with Crippen LogP contribution in [0.5, 0.6) is 0 Å². The average Bonchev–Trinajstić information content (AvgIpc) is 3.27. The standard InChI is InChI=1S/C25H29FN6O3.ClH/c1-16-27-15-22(32(16)20-8-12-35-13-9-20)23-21(26)14-28-25(31-23)30-18-4-2-17(3-5-18)24(33)29-19-6-10-34-11-7-19;/h2-5,14-15,19-20H,6-13H2,1H3,(H,29,33)(H,28,30,31);1H. The smallest absolute Gasteiger partial charge is 0.251 e. The van der Waals surface area contributed by atoms with Crippen LogP contribution in [0.3, 0.4) is 0 Å². The molecule has 3 aromatic rings. The van der Waals surface area contributed by atoms with Gasteiger partial charge in [-0.2, -0.15) is 0 Å². The molecule has 2 aliphatic rings. The molecule has 0 spiro atoms. The Bertz CT molecular complexity index is 1180. The van der Waals surface area contributed by atoms with E-state index in [-0.39, 0.29) is 42.0 Å². The third kappa shape index (κ3) is 5.83. The van der Waals surface area contributed by atoms with Crippen molar-refractivity contribution >= 4 is 29.9 Å². The number of carbonyl (C=O) groups is 1. The third-order valence-electron chi connectivity index (χ3n) is 6.48. The van der Waals surface area contributed by atoms with Gasteiger partial charge in [-0.25, -0.2) is 19.3 Å². The van der Waals surface area contributed by atoms with E-state index < -0.39 is 5.82 Å². The molecule has 0 aliphatic carbocycles. The van der Waals surface area contributed by atoms with E-state index in [1.54, 1.807) is 30.5 Å². The number of hydrogen-bond acceptors (Lipinski definition) is 7. The Morgan fingerprint density at radius 2 is 1.67 bits per heavy atom. The van der Waals surface area contributed by atoms with Crippen molar-refractivity contribution in [1.29, 1.82) is 0 Å². The SMILES string of the molecule is Cc1ncc(-c2nc(Nc3ccc(C(=O)NC4CCOCC4)cc3)ncc2F)n1C1CCOCC1.Cl. The minimum absolute atomic E-state index is 0. The second-order valence-corrected chi connectivity index (χ2v) is 8.86. The Labute approximate surface area is 215 Å². The minimum atomic E-state index is -0.510. The summed E-state index contributed by atoms with van der Waals surface area (Å²) in [6.45, 7) is 4.59. The van der Waals surface area contributed by atoms with Gasteiger partial charge in [-0.1, -0.05) is 0 Å². The molecule has 1 amide bonds. The Kier molecular flexibility index (Phi) is 8.50. The van der Waals surface area contributed by atoms with E-state index >= 15 is 0 Å². The van der Waals surface area contributed by atoms with Crippen LogP contribution in [0.2, 0.25) is 0 Å². The van der Waals surface area contributed by atoms with Gasteiger partial charge in [0.2, 0.25) is 5.95 Å². The first kappa shape index (κ1) is 26.0. The molecule has 9 nitrogen and oxygen atoms in total. The Morgan fingerprint density at radius 3 is 2.36 bits per heavy atom. The van der Waals surface area contributed by atoms with Crippen molar-refractivity contribution in [2.24, 2.45) is 0 Å². The van der Waals surface area contributed by atoms with Crippen LogP contribution in [-0.2, 0) is 9.47 Å². The fraction of sp³-hybridized carbons (Fsp3) is 0.440. The lowest BCUT2D eigenvalue weighted by atomic mass is 10.1. The molecule has 0 bridgehead atoms. The predicted molar refractivity (Wildman–Crippen MR) is 135 cm³/mol. The fourth-order valence-electron chi connectivity index (χ4n) is 4.58. The number of hydrogen-bond donors (Lipinski definition) is 2. The molecule has 0 radical (unpaired) electrons. The molecule has 2 aromatic heterocycles. The summed E-state index contributed by atoms with van der Waals surface area (Å²) in [5.74, 6) is 0.455. The average molecular weight is 517 g/mol. The molecule has 0 saturated carbocycles. The zero-order chi connectivity index (χ0) is 24.2. The van der Waals surface area contributed by atoms with Crippen molar-refractivity contribution in [1.82, 2.24) is 24.8 Å². The highest BCUT2D eigenvalue weighted by Gasteiger charge is 2.24. The summed E-state index contributed by atoms with van der Waals surface area (Å²) in [6.07, 6.45) is 6.15. The molecule has 11 heteroatoms. The van der Waals surface area contributed by atoms with E-state index in [1.165, 1.54) is 0 Å². The van der Waals surface area contributed by atoms with Crippen molar-refractivity contribution in [3.05, 3.63) is 53.9 Å². The molecule has 36 heavy (non-hydrogen) atoms. The first-order chi connectivity index (χ1) is 17.1. The molecule has 192 valence electrons. The van der Waals surface area contributed by atoms with E-state index in [0.717, 1.165) is 37.7 Å². The zero-order valence-electron chi connectivity index (χ0n) is 20.1. The number of imidazole rings is 1. The van der Waals surface area contributed by atoms with Crippen LogP contribution in [0.15, 0.2) is 36.7 Å². The number of amides is 1. The number of nitrogens with one attached hydrogen (secondary N) is 2. The van der Waals surface area contributed by atoms with Crippen LogP contribution >= 0.6 is 12.4 Å². The Balaban J connectivity index is 0.00000304. The molecule has 2 fully saturated rings. The van der Waals surface area contributed by atoms with Crippen LogP contribution in [-0.4, -0.2) is 57.9 Å². The monoisotopic (exact) mass is 516 g/mol. The maximum Gasteiger partial charge on any atom is 0.251 e. The van der Waals surface area contributed by atoms with Crippen molar-refractivity contribution in [2.75, 3.05) is 31.7 Å². The number of aryl methyl sites for hydroxylation is 1. The first-order valence-electron chi connectivity index (χ1n) is 12.0. The normalized spacial score (nSPS) is 16.8. The highest BCUT2D eigenvalue weighted by molar-refractivity contribution is 5.94. The summed E-state index contributed by atoms with van der Waals surface area (Å²) >= 11 is 0. The molecule has 2 N–H and O–H groups in total.